The van der Waals surface area contributed by atoms with Crippen LogP contribution in [-0.4, -0.2) is 38.8 Å². The second kappa shape index (κ2) is 6.91. The van der Waals surface area contributed by atoms with E-state index >= 15 is 0 Å². The van der Waals surface area contributed by atoms with Crippen molar-refractivity contribution in [3.63, 3.8) is 0 Å². The molecule has 0 heterocycles. The van der Waals surface area contributed by atoms with Crippen LogP contribution >= 0.6 is 0 Å². The molecule has 0 aliphatic carbocycles. The molecule has 122 valence electrons. The van der Waals surface area contributed by atoms with Crippen LogP contribution in [0.1, 0.15) is 36.7 Å². The Labute approximate surface area is 130 Å². The van der Waals surface area contributed by atoms with Crippen molar-refractivity contribution in [2.75, 3.05) is 12.9 Å². The van der Waals surface area contributed by atoms with Crippen LogP contribution < -0.4 is 0 Å². The monoisotopic (exact) mass is 328 g/mol. The first-order chi connectivity index (χ1) is 9.96. The number of benzene rings is 1. The van der Waals surface area contributed by atoms with Gasteiger partial charge in [-0.15, -0.1) is 0 Å². The molecule has 0 N–H and O–H groups in total. The summed E-state index contributed by atoms with van der Waals surface area (Å²) in [4.78, 5) is 23.2. The van der Waals surface area contributed by atoms with Crippen molar-refractivity contribution in [2.24, 2.45) is 0 Å². The van der Waals surface area contributed by atoms with Crippen molar-refractivity contribution in [3.8, 4) is 0 Å². The third-order valence-corrected chi connectivity index (χ3v) is 3.22. The molecule has 0 aliphatic rings. The lowest BCUT2D eigenvalue weighted by Gasteiger charge is -2.19. The Hall–Kier alpha value is -1.89. The van der Waals surface area contributed by atoms with Gasteiger partial charge < -0.3 is 9.47 Å². The summed E-state index contributed by atoms with van der Waals surface area (Å²) in [5.74, 6) is -1.40. The minimum atomic E-state index is -3.13. The first-order valence-electron chi connectivity index (χ1n) is 6.62. The van der Waals surface area contributed by atoms with Gasteiger partial charge in [0.2, 0.25) is 0 Å². The molecule has 0 saturated carbocycles. The van der Waals surface area contributed by atoms with E-state index < -0.39 is 34.0 Å². The van der Waals surface area contributed by atoms with Gasteiger partial charge in [-0.2, -0.15) is 0 Å². The number of ether oxygens (including phenoxy) is 2. The molecule has 0 spiro atoms. The second-order valence-corrected chi connectivity index (χ2v) is 8.07. The smallest absolute Gasteiger partial charge is 0.344 e. The minimum absolute atomic E-state index is 0.0970. The van der Waals surface area contributed by atoms with E-state index in [1.807, 2.05) is 0 Å². The predicted molar refractivity (Wildman–Crippen MR) is 81.1 cm³/mol. The normalized spacial score (nSPS) is 11.8. The molecule has 0 radical (unpaired) electrons. The Morgan fingerprint density at radius 1 is 1.09 bits per heavy atom. The quantitative estimate of drug-likeness (QED) is 0.765. The van der Waals surface area contributed by atoms with E-state index in [1.165, 1.54) is 24.3 Å². The summed E-state index contributed by atoms with van der Waals surface area (Å²) in [5.41, 5.74) is 0.170. The molecule has 6 nitrogen and oxygen atoms in total. The lowest BCUT2D eigenvalue weighted by Crippen LogP contribution is -2.27. The molecule has 7 heteroatoms. The maximum Gasteiger partial charge on any atom is 0.344 e. The molecule has 1 aromatic carbocycles. The molecule has 0 aromatic heterocycles. The zero-order chi connectivity index (χ0) is 17.0. The summed E-state index contributed by atoms with van der Waals surface area (Å²) in [5, 5.41) is 0. The van der Waals surface area contributed by atoms with Gasteiger partial charge in [-0.1, -0.05) is 12.1 Å². The maximum atomic E-state index is 11.8. The van der Waals surface area contributed by atoms with E-state index in [0.717, 1.165) is 6.26 Å². The molecule has 0 amide bonds. The molecule has 22 heavy (non-hydrogen) atoms. The molecule has 0 fully saturated rings. The molecule has 0 atom stereocenters. The number of hydrogen-bond donors (Lipinski definition) is 0. The van der Waals surface area contributed by atoms with Crippen LogP contribution in [0, 0.1) is 0 Å². The molecule has 0 bridgehead atoms. The van der Waals surface area contributed by atoms with Gasteiger partial charge in [0, 0.05) is 6.26 Å². The van der Waals surface area contributed by atoms with Crippen LogP contribution in [0.3, 0.4) is 0 Å². The van der Waals surface area contributed by atoms with E-state index in [9.17, 15) is 18.0 Å². The van der Waals surface area contributed by atoms with Gasteiger partial charge in [0.15, 0.2) is 16.4 Å². The Balaban J connectivity index is 2.58. The van der Waals surface area contributed by atoms with Crippen LogP contribution in [0.15, 0.2) is 24.3 Å². The van der Waals surface area contributed by atoms with Gasteiger partial charge in [-0.05, 0) is 38.5 Å². The SMILES string of the molecule is CC(C)(C)OC(=O)COC(=O)c1ccc(CS(C)(=O)=O)cc1. The van der Waals surface area contributed by atoms with Crippen LogP contribution in [0.4, 0.5) is 0 Å². The lowest BCUT2D eigenvalue weighted by molar-refractivity contribution is -0.158. The minimum Gasteiger partial charge on any atom is -0.457 e. The Morgan fingerprint density at radius 3 is 2.09 bits per heavy atom. The van der Waals surface area contributed by atoms with E-state index in [-0.39, 0.29) is 11.3 Å². The van der Waals surface area contributed by atoms with E-state index in [1.54, 1.807) is 20.8 Å². The lowest BCUT2D eigenvalue weighted by atomic mass is 10.1. The van der Waals surface area contributed by atoms with Gasteiger partial charge in [0.1, 0.15) is 5.60 Å². The van der Waals surface area contributed by atoms with Crippen molar-refractivity contribution < 1.29 is 27.5 Å². The van der Waals surface area contributed by atoms with E-state index in [4.69, 9.17) is 9.47 Å². The number of rotatable bonds is 5. The van der Waals surface area contributed by atoms with Gasteiger partial charge in [-0.3, -0.25) is 0 Å². The third-order valence-electron chi connectivity index (χ3n) is 2.36. The Kier molecular flexibility index (Phi) is 5.71. The summed E-state index contributed by atoms with van der Waals surface area (Å²) in [6, 6.07) is 5.98. The second-order valence-electron chi connectivity index (χ2n) is 5.93. The summed E-state index contributed by atoms with van der Waals surface area (Å²) in [7, 11) is -3.13. The highest BCUT2D eigenvalue weighted by Crippen LogP contribution is 2.10. The first-order valence-corrected chi connectivity index (χ1v) is 8.68. The molecular weight excluding hydrogens is 308 g/mol. The fourth-order valence-corrected chi connectivity index (χ4v) is 2.42. The van der Waals surface area contributed by atoms with Crippen molar-refractivity contribution in [1.29, 1.82) is 0 Å². The van der Waals surface area contributed by atoms with Crippen molar-refractivity contribution >= 4 is 21.8 Å². The van der Waals surface area contributed by atoms with Crippen molar-refractivity contribution in [1.82, 2.24) is 0 Å². The van der Waals surface area contributed by atoms with Crippen molar-refractivity contribution in [3.05, 3.63) is 35.4 Å². The molecular formula is C15H20O6S. The van der Waals surface area contributed by atoms with Crippen LogP contribution in [0.5, 0.6) is 0 Å². The predicted octanol–water partition coefficient (Wildman–Crippen LogP) is 1.73. The molecule has 0 saturated heterocycles. The number of esters is 2. The van der Waals surface area contributed by atoms with Crippen LogP contribution in [-0.2, 0) is 29.9 Å². The zero-order valence-electron chi connectivity index (χ0n) is 13.1. The van der Waals surface area contributed by atoms with E-state index in [0.29, 0.717) is 5.56 Å². The zero-order valence-corrected chi connectivity index (χ0v) is 13.9. The van der Waals surface area contributed by atoms with Gasteiger partial charge in [0.25, 0.3) is 0 Å². The Morgan fingerprint density at radius 2 is 1.64 bits per heavy atom. The fourth-order valence-electron chi connectivity index (χ4n) is 1.62. The fraction of sp³-hybridized carbons (Fsp3) is 0.467. The van der Waals surface area contributed by atoms with Crippen LogP contribution in [0.2, 0.25) is 0 Å². The number of carbonyl (C=O) groups excluding carboxylic acids is 2. The molecule has 0 aliphatic heterocycles. The highest BCUT2D eigenvalue weighted by Gasteiger charge is 2.18. The van der Waals surface area contributed by atoms with Gasteiger partial charge >= 0.3 is 11.9 Å². The molecule has 1 rings (SSSR count). The topological polar surface area (TPSA) is 86.7 Å². The van der Waals surface area contributed by atoms with Crippen LogP contribution in [0.25, 0.3) is 0 Å². The largest absolute Gasteiger partial charge is 0.457 e. The number of carbonyl (C=O) groups is 2. The van der Waals surface area contributed by atoms with Gasteiger partial charge in [0.05, 0.1) is 11.3 Å². The van der Waals surface area contributed by atoms with E-state index in [2.05, 4.69) is 0 Å². The Bertz CT molecular complexity index is 638. The maximum absolute atomic E-state index is 11.8. The van der Waals surface area contributed by atoms with Gasteiger partial charge in [-0.25, -0.2) is 18.0 Å². The summed E-state index contributed by atoms with van der Waals surface area (Å²) in [6.07, 6.45) is 1.13. The number of sulfone groups is 1. The number of hydrogen-bond acceptors (Lipinski definition) is 6. The standard InChI is InChI=1S/C15H20O6S/c1-15(2,3)21-13(16)9-20-14(17)12-7-5-11(6-8-12)10-22(4,18)19/h5-8H,9-10H2,1-4H3. The highest BCUT2D eigenvalue weighted by molar-refractivity contribution is 7.89. The summed E-state index contributed by atoms with van der Waals surface area (Å²) >= 11 is 0. The van der Waals surface area contributed by atoms with Crippen molar-refractivity contribution in [2.45, 2.75) is 32.1 Å². The first kappa shape index (κ1) is 18.2. The average Bonchev–Trinajstić information content (AvgIpc) is 2.33. The average molecular weight is 328 g/mol. The highest BCUT2D eigenvalue weighted by atomic mass is 32.2. The molecule has 0 unspecified atom stereocenters. The third kappa shape index (κ3) is 7.21. The summed E-state index contributed by atoms with van der Waals surface area (Å²) in [6.45, 7) is 4.68. The summed E-state index contributed by atoms with van der Waals surface area (Å²) < 4.78 is 32.2. The molecule has 1 aromatic rings.